The number of carbonyl (C=O) groups is 1. The first-order valence-corrected chi connectivity index (χ1v) is 11.7. The zero-order valence-corrected chi connectivity index (χ0v) is 18.5. The molecule has 6 nitrogen and oxygen atoms in total. The van der Waals surface area contributed by atoms with Crippen LogP contribution in [0.4, 0.5) is 0 Å². The van der Waals surface area contributed by atoms with Crippen molar-refractivity contribution in [2.24, 2.45) is 0 Å². The highest BCUT2D eigenvalue weighted by molar-refractivity contribution is 7.18. The van der Waals surface area contributed by atoms with Crippen molar-refractivity contribution < 1.29 is 14.3 Å². The van der Waals surface area contributed by atoms with Crippen molar-refractivity contribution in [1.29, 1.82) is 0 Å². The molecule has 0 radical (unpaired) electrons. The van der Waals surface area contributed by atoms with E-state index < -0.39 is 0 Å². The van der Waals surface area contributed by atoms with Crippen molar-refractivity contribution in [2.45, 2.75) is 31.7 Å². The fraction of sp³-hybridized carbons (Fsp3) is 0.417. The van der Waals surface area contributed by atoms with Gasteiger partial charge < -0.3 is 14.8 Å². The number of para-hydroxylation sites is 1. The number of benzene rings is 2. The molecule has 3 aromatic rings. The minimum absolute atomic E-state index is 0.0563. The number of hydrogen-bond donors (Lipinski definition) is 1. The number of carbonyl (C=O) groups excluding carboxylic acids is 1. The quantitative estimate of drug-likeness (QED) is 0.650. The zero-order valence-electron chi connectivity index (χ0n) is 17.7. The summed E-state index contributed by atoms with van der Waals surface area (Å²) in [5.74, 6) is 2.07. The average Bonchev–Trinajstić information content (AvgIpc) is 3.23. The van der Waals surface area contributed by atoms with E-state index >= 15 is 0 Å². The Hall–Kier alpha value is -2.64. The van der Waals surface area contributed by atoms with Gasteiger partial charge in [-0.1, -0.05) is 18.2 Å². The standard InChI is InChI=1S/C24H27N3O3S/c1-16(18-6-7-20-21(14-18)30-13-12-29-20)25-23(28)15-27-10-8-17(9-11-27)24-26-19-4-2-3-5-22(19)31-24/h2-7,14,16-17H,8-13,15H2,1H3,(H,25,28)/t16-/m1/s1. The molecule has 1 atom stereocenters. The van der Waals surface area contributed by atoms with Crippen molar-refractivity contribution in [1.82, 2.24) is 15.2 Å². The van der Waals surface area contributed by atoms with Gasteiger partial charge in [-0.05, 0) is 62.7 Å². The summed E-state index contributed by atoms with van der Waals surface area (Å²) >= 11 is 1.81. The second kappa shape index (κ2) is 8.85. The van der Waals surface area contributed by atoms with Crippen LogP contribution in [-0.2, 0) is 4.79 Å². The fourth-order valence-electron chi connectivity index (χ4n) is 4.31. The average molecular weight is 438 g/mol. The lowest BCUT2D eigenvalue weighted by Gasteiger charge is -2.30. The maximum atomic E-state index is 12.6. The summed E-state index contributed by atoms with van der Waals surface area (Å²) in [6.45, 7) is 5.42. The Labute approximate surface area is 186 Å². The van der Waals surface area contributed by atoms with E-state index in [9.17, 15) is 4.79 Å². The Morgan fingerprint density at radius 2 is 1.94 bits per heavy atom. The number of rotatable bonds is 5. The molecule has 0 spiro atoms. The Kier molecular flexibility index (Phi) is 5.78. The maximum absolute atomic E-state index is 12.6. The molecule has 1 saturated heterocycles. The number of aromatic nitrogens is 1. The molecule has 7 heteroatoms. The molecule has 1 N–H and O–H groups in total. The van der Waals surface area contributed by atoms with Gasteiger partial charge in [0.2, 0.25) is 5.91 Å². The van der Waals surface area contributed by atoms with Crippen LogP contribution in [0.2, 0.25) is 0 Å². The van der Waals surface area contributed by atoms with E-state index in [4.69, 9.17) is 14.5 Å². The van der Waals surface area contributed by atoms with E-state index in [2.05, 4.69) is 28.4 Å². The van der Waals surface area contributed by atoms with Crippen molar-refractivity contribution in [2.75, 3.05) is 32.8 Å². The first kappa shape index (κ1) is 20.3. The summed E-state index contributed by atoms with van der Waals surface area (Å²) in [6, 6.07) is 14.1. The minimum atomic E-state index is -0.0800. The number of amides is 1. The molecule has 1 amide bonds. The van der Waals surface area contributed by atoms with Crippen LogP contribution in [0.25, 0.3) is 10.2 Å². The van der Waals surface area contributed by atoms with Crippen molar-refractivity contribution in [3.05, 3.63) is 53.0 Å². The van der Waals surface area contributed by atoms with E-state index in [1.54, 1.807) is 11.3 Å². The first-order valence-electron chi connectivity index (χ1n) is 10.9. The molecule has 0 bridgehead atoms. The number of nitrogens with one attached hydrogen (secondary N) is 1. The molecule has 5 rings (SSSR count). The molecule has 0 aliphatic carbocycles. The number of fused-ring (bicyclic) bond motifs is 2. The third-order valence-corrected chi connectivity index (χ3v) is 7.26. The van der Waals surface area contributed by atoms with Crippen LogP contribution in [-0.4, -0.2) is 48.6 Å². The molecule has 0 saturated carbocycles. The number of nitrogens with zero attached hydrogens (tertiary/aromatic N) is 2. The molecule has 3 heterocycles. The van der Waals surface area contributed by atoms with Gasteiger partial charge >= 0.3 is 0 Å². The number of ether oxygens (including phenoxy) is 2. The summed E-state index contributed by atoms with van der Waals surface area (Å²) in [5.41, 5.74) is 2.12. The first-order chi connectivity index (χ1) is 15.2. The molecule has 0 unspecified atom stereocenters. The van der Waals surface area contributed by atoms with Crippen LogP contribution in [0.15, 0.2) is 42.5 Å². The van der Waals surface area contributed by atoms with Gasteiger partial charge in [0.1, 0.15) is 13.2 Å². The molecule has 1 fully saturated rings. The van der Waals surface area contributed by atoms with Gasteiger partial charge in [0.15, 0.2) is 11.5 Å². The monoisotopic (exact) mass is 437 g/mol. The second-order valence-corrected chi connectivity index (χ2v) is 9.32. The number of piperidine rings is 1. The highest BCUT2D eigenvalue weighted by Crippen LogP contribution is 2.34. The van der Waals surface area contributed by atoms with Gasteiger partial charge in [-0.2, -0.15) is 0 Å². The molecule has 2 aliphatic heterocycles. The number of likely N-dealkylation sites (tertiary alicyclic amines) is 1. The number of thiazole rings is 1. The van der Waals surface area contributed by atoms with Crippen molar-refractivity contribution >= 4 is 27.5 Å². The Bertz CT molecular complexity index is 1040. The molecule has 1 aromatic heterocycles. The van der Waals surface area contributed by atoms with Crippen LogP contribution < -0.4 is 14.8 Å². The SMILES string of the molecule is C[C@@H](NC(=O)CN1CCC(c2nc3ccccc3s2)CC1)c1ccc2c(c1)OCCO2. The molecular formula is C24H27N3O3S. The predicted molar refractivity (Wildman–Crippen MR) is 122 cm³/mol. The Morgan fingerprint density at radius 3 is 2.74 bits per heavy atom. The minimum Gasteiger partial charge on any atom is -0.486 e. The second-order valence-electron chi connectivity index (χ2n) is 8.26. The van der Waals surface area contributed by atoms with Crippen LogP contribution in [0.1, 0.15) is 42.3 Å². The third kappa shape index (κ3) is 4.52. The normalized spacial score (nSPS) is 18.1. The predicted octanol–water partition coefficient (Wildman–Crippen LogP) is 4.12. The van der Waals surface area contributed by atoms with Crippen LogP contribution in [0.5, 0.6) is 11.5 Å². The molecule has 31 heavy (non-hydrogen) atoms. The van der Waals surface area contributed by atoms with Gasteiger partial charge in [-0.15, -0.1) is 11.3 Å². The van der Waals surface area contributed by atoms with Crippen LogP contribution in [0.3, 0.4) is 0 Å². The highest BCUT2D eigenvalue weighted by atomic mass is 32.1. The summed E-state index contributed by atoms with van der Waals surface area (Å²) < 4.78 is 12.5. The van der Waals surface area contributed by atoms with Gasteiger partial charge in [-0.3, -0.25) is 9.69 Å². The Morgan fingerprint density at radius 1 is 1.16 bits per heavy atom. The Balaban J connectivity index is 1.13. The van der Waals surface area contributed by atoms with Gasteiger partial charge in [0.05, 0.1) is 27.8 Å². The van der Waals surface area contributed by atoms with E-state index in [-0.39, 0.29) is 11.9 Å². The topological polar surface area (TPSA) is 63.7 Å². The summed E-state index contributed by atoms with van der Waals surface area (Å²) in [6.07, 6.45) is 2.09. The van der Waals surface area contributed by atoms with Crippen molar-refractivity contribution in [3.8, 4) is 11.5 Å². The van der Waals surface area contributed by atoms with Crippen molar-refractivity contribution in [3.63, 3.8) is 0 Å². The van der Waals surface area contributed by atoms with Crippen LogP contribution in [0, 0.1) is 0 Å². The van der Waals surface area contributed by atoms with E-state index in [1.165, 1.54) is 9.71 Å². The summed E-state index contributed by atoms with van der Waals surface area (Å²) in [4.78, 5) is 19.7. The zero-order chi connectivity index (χ0) is 21.2. The van der Waals surface area contributed by atoms with Gasteiger partial charge in [0, 0.05) is 5.92 Å². The molecular weight excluding hydrogens is 410 g/mol. The smallest absolute Gasteiger partial charge is 0.234 e. The largest absolute Gasteiger partial charge is 0.486 e. The summed E-state index contributed by atoms with van der Waals surface area (Å²) in [7, 11) is 0. The van der Waals surface area contributed by atoms with E-state index in [0.717, 1.165) is 48.5 Å². The van der Waals surface area contributed by atoms with E-state index in [0.29, 0.717) is 25.7 Å². The molecule has 2 aliphatic rings. The fourth-order valence-corrected chi connectivity index (χ4v) is 5.44. The number of hydrogen-bond acceptors (Lipinski definition) is 6. The van der Waals surface area contributed by atoms with Gasteiger partial charge in [-0.25, -0.2) is 4.98 Å². The lowest BCUT2D eigenvalue weighted by Crippen LogP contribution is -2.41. The molecule has 162 valence electrons. The van der Waals surface area contributed by atoms with Gasteiger partial charge in [0.25, 0.3) is 0 Å². The summed E-state index contributed by atoms with van der Waals surface area (Å²) in [5, 5.41) is 4.36. The van der Waals surface area contributed by atoms with E-state index in [1.807, 2.05) is 31.2 Å². The van der Waals surface area contributed by atoms with Crippen LogP contribution >= 0.6 is 11.3 Å². The maximum Gasteiger partial charge on any atom is 0.234 e. The highest BCUT2D eigenvalue weighted by Gasteiger charge is 2.25. The third-order valence-electron chi connectivity index (χ3n) is 6.06. The lowest BCUT2D eigenvalue weighted by atomic mass is 9.97. The molecule has 2 aromatic carbocycles. The lowest BCUT2D eigenvalue weighted by molar-refractivity contribution is -0.123.